The van der Waals surface area contributed by atoms with E-state index in [0.29, 0.717) is 0 Å². The number of aromatic nitrogens is 3. The number of rotatable bonds is 5. The van der Waals surface area contributed by atoms with Crippen LogP contribution in [0.3, 0.4) is 0 Å². The normalized spacial score (nSPS) is 10.5. The summed E-state index contributed by atoms with van der Waals surface area (Å²) in [6.45, 7) is 0.773. The van der Waals surface area contributed by atoms with E-state index in [-0.39, 0.29) is 25.5 Å². The third-order valence-corrected chi connectivity index (χ3v) is 1.95. The molecule has 1 aromatic heterocycles. The molecule has 0 fully saturated rings. The van der Waals surface area contributed by atoms with Crippen LogP contribution in [-0.2, 0) is 11.3 Å². The number of nitrogens with one attached hydrogen (secondary N) is 2. The second-order valence-corrected chi connectivity index (χ2v) is 3.77. The highest BCUT2D eigenvalue weighted by Gasteiger charge is 2.03. The average Bonchev–Trinajstić information content (AvgIpc) is 2.23. The fourth-order valence-corrected chi connectivity index (χ4v) is 1.21. The van der Waals surface area contributed by atoms with Gasteiger partial charge >= 0.3 is 11.1 Å². The van der Waals surface area contributed by atoms with Crippen LogP contribution in [0.2, 0.25) is 0 Å². The summed E-state index contributed by atoms with van der Waals surface area (Å²) >= 11 is 0. The van der Waals surface area contributed by atoms with Gasteiger partial charge in [0.25, 0.3) is 0 Å². The second kappa shape index (κ2) is 5.94. The molecule has 2 N–H and O–H groups in total. The summed E-state index contributed by atoms with van der Waals surface area (Å²) in [6.07, 6.45) is 1.22. The molecule has 1 rings (SSSR count). The van der Waals surface area contributed by atoms with E-state index in [1.165, 1.54) is 6.33 Å². The van der Waals surface area contributed by atoms with Gasteiger partial charge in [-0.1, -0.05) is 0 Å². The Morgan fingerprint density at radius 2 is 2.24 bits per heavy atom. The molecule has 0 aliphatic rings. The highest BCUT2D eigenvalue weighted by Crippen LogP contribution is 1.76. The Hall–Kier alpha value is -1.96. The summed E-state index contributed by atoms with van der Waals surface area (Å²) in [5, 5.41) is 8.16. The van der Waals surface area contributed by atoms with Crippen molar-refractivity contribution >= 4 is 5.91 Å². The lowest BCUT2D eigenvalue weighted by molar-refractivity contribution is -0.121. The predicted molar refractivity (Wildman–Crippen MR) is 60.7 cm³/mol. The van der Waals surface area contributed by atoms with Crippen LogP contribution in [0.4, 0.5) is 0 Å². The van der Waals surface area contributed by atoms with Crippen LogP contribution < -0.4 is 16.4 Å². The van der Waals surface area contributed by atoms with Crippen LogP contribution in [0.1, 0.15) is 0 Å². The van der Waals surface area contributed by atoms with Crippen molar-refractivity contribution in [3.63, 3.8) is 0 Å². The van der Waals surface area contributed by atoms with Crippen LogP contribution in [0, 0.1) is 0 Å². The molecule has 1 aromatic rings. The maximum Gasteiger partial charge on any atom is 0.330 e. The Bertz CT molecular complexity index is 490. The summed E-state index contributed by atoms with van der Waals surface area (Å²) < 4.78 is 1.15. The van der Waals surface area contributed by atoms with E-state index in [2.05, 4.69) is 10.4 Å². The first kappa shape index (κ1) is 13.1. The maximum absolute atomic E-state index is 11.3. The van der Waals surface area contributed by atoms with E-state index in [1.807, 2.05) is 5.10 Å². The molecule has 17 heavy (non-hydrogen) atoms. The van der Waals surface area contributed by atoms with Gasteiger partial charge in [-0.05, 0) is 14.1 Å². The fourth-order valence-electron chi connectivity index (χ4n) is 1.21. The molecule has 0 spiro atoms. The molecular weight excluding hydrogens is 226 g/mol. The minimum Gasteiger partial charge on any atom is -0.353 e. The van der Waals surface area contributed by atoms with Gasteiger partial charge in [-0.15, -0.1) is 0 Å². The minimum absolute atomic E-state index is 0.138. The van der Waals surface area contributed by atoms with Crippen molar-refractivity contribution in [1.82, 2.24) is 25.0 Å². The number of H-pyrrole nitrogens is 1. The Morgan fingerprint density at radius 1 is 1.53 bits per heavy atom. The Labute approximate surface area is 97.3 Å². The highest BCUT2D eigenvalue weighted by molar-refractivity contribution is 5.77. The van der Waals surface area contributed by atoms with Gasteiger partial charge in [-0.3, -0.25) is 19.0 Å². The van der Waals surface area contributed by atoms with Crippen LogP contribution in [0.15, 0.2) is 15.9 Å². The first-order valence-electron chi connectivity index (χ1n) is 5.06. The van der Waals surface area contributed by atoms with Crippen molar-refractivity contribution in [2.75, 3.05) is 27.2 Å². The minimum atomic E-state index is -0.771. The molecule has 8 heteroatoms. The van der Waals surface area contributed by atoms with Gasteiger partial charge in [0.1, 0.15) is 6.33 Å². The summed E-state index contributed by atoms with van der Waals surface area (Å²) in [4.78, 5) is 35.2. The monoisotopic (exact) mass is 241 g/mol. The van der Waals surface area contributed by atoms with E-state index >= 15 is 0 Å². The van der Waals surface area contributed by atoms with Gasteiger partial charge in [0.2, 0.25) is 5.91 Å². The maximum atomic E-state index is 11.3. The number of likely N-dealkylation sites (N-methyl/N-ethyl adjacent to an activating group) is 1. The first-order chi connectivity index (χ1) is 8.00. The summed E-state index contributed by atoms with van der Waals surface area (Å²) in [5.74, 6) is -0.138. The van der Waals surface area contributed by atoms with Crippen LogP contribution in [0.25, 0.3) is 0 Å². The van der Waals surface area contributed by atoms with Crippen molar-refractivity contribution in [1.29, 1.82) is 0 Å². The van der Waals surface area contributed by atoms with E-state index in [4.69, 9.17) is 0 Å². The van der Waals surface area contributed by atoms with Gasteiger partial charge in [0.15, 0.2) is 0 Å². The topological polar surface area (TPSA) is 100 Å². The predicted octanol–water partition coefficient (Wildman–Crippen LogP) is -2.39. The van der Waals surface area contributed by atoms with Crippen LogP contribution in [0.5, 0.6) is 0 Å². The zero-order valence-corrected chi connectivity index (χ0v) is 9.77. The van der Waals surface area contributed by atoms with Crippen molar-refractivity contribution < 1.29 is 4.79 Å². The SMILES string of the molecule is CN(C)CC(=O)NCCn1cn[nH]c(=O)c1=O. The Morgan fingerprint density at radius 3 is 2.88 bits per heavy atom. The molecule has 94 valence electrons. The molecule has 0 saturated carbocycles. The standard InChI is InChI=1S/C9H15N5O3/c1-13(2)5-7(15)10-3-4-14-6-11-12-8(16)9(14)17/h6H,3-5H2,1-2H3,(H,10,15)(H,12,16). The fraction of sp³-hybridized carbons (Fsp3) is 0.556. The van der Waals surface area contributed by atoms with E-state index in [1.54, 1.807) is 19.0 Å². The van der Waals surface area contributed by atoms with Gasteiger partial charge in [0.05, 0.1) is 6.54 Å². The number of amides is 1. The molecule has 0 unspecified atom stereocenters. The van der Waals surface area contributed by atoms with Crippen molar-refractivity contribution in [2.24, 2.45) is 0 Å². The summed E-state index contributed by atoms with van der Waals surface area (Å²) in [7, 11) is 3.56. The van der Waals surface area contributed by atoms with Crippen LogP contribution >= 0.6 is 0 Å². The number of carbonyl (C=O) groups excluding carboxylic acids is 1. The largest absolute Gasteiger partial charge is 0.353 e. The molecule has 8 nitrogen and oxygen atoms in total. The van der Waals surface area contributed by atoms with Crippen molar-refractivity contribution in [2.45, 2.75) is 6.54 Å². The highest BCUT2D eigenvalue weighted by atomic mass is 16.2. The third kappa shape index (κ3) is 4.19. The van der Waals surface area contributed by atoms with Gasteiger partial charge in [-0.25, -0.2) is 5.10 Å². The quantitative estimate of drug-likeness (QED) is 0.560. The van der Waals surface area contributed by atoms with E-state index in [0.717, 1.165) is 4.57 Å². The molecule has 0 aromatic carbocycles. The zero-order chi connectivity index (χ0) is 12.8. The van der Waals surface area contributed by atoms with Gasteiger partial charge in [-0.2, -0.15) is 5.10 Å². The first-order valence-corrected chi connectivity index (χ1v) is 5.06. The summed E-state index contributed by atoms with van der Waals surface area (Å²) in [6, 6.07) is 0. The molecule has 0 radical (unpaired) electrons. The molecule has 0 aliphatic heterocycles. The Balaban J connectivity index is 2.47. The van der Waals surface area contributed by atoms with Crippen LogP contribution in [-0.4, -0.2) is 52.8 Å². The van der Waals surface area contributed by atoms with E-state index in [9.17, 15) is 14.4 Å². The number of aromatic amines is 1. The molecular formula is C9H15N5O3. The molecule has 1 heterocycles. The lowest BCUT2D eigenvalue weighted by Gasteiger charge is -2.10. The number of hydrogen-bond donors (Lipinski definition) is 2. The average molecular weight is 241 g/mol. The van der Waals surface area contributed by atoms with Crippen molar-refractivity contribution in [3.8, 4) is 0 Å². The van der Waals surface area contributed by atoms with Gasteiger partial charge in [0, 0.05) is 13.1 Å². The van der Waals surface area contributed by atoms with Gasteiger partial charge < -0.3 is 10.2 Å². The zero-order valence-electron chi connectivity index (χ0n) is 9.77. The number of hydrogen-bond acceptors (Lipinski definition) is 5. The van der Waals surface area contributed by atoms with E-state index < -0.39 is 11.1 Å². The smallest absolute Gasteiger partial charge is 0.330 e. The third-order valence-electron chi connectivity index (χ3n) is 1.95. The molecule has 1 amide bonds. The molecule has 0 saturated heterocycles. The number of nitrogens with zero attached hydrogens (tertiary/aromatic N) is 3. The molecule has 0 aliphatic carbocycles. The summed E-state index contributed by atoms with van der Waals surface area (Å²) in [5.41, 5.74) is -1.45. The Kier molecular flexibility index (Phi) is 4.58. The second-order valence-electron chi connectivity index (χ2n) is 3.77. The van der Waals surface area contributed by atoms with Crippen molar-refractivity contribution in [3.05, 3.63) is 27.0 Å². The lowest BCUT2D eigenvalue weighted by atomic mass is 10.5. The number of carbonyl (C=O) groups is 1. The lowest BCUT2D eigenvalue weighted by Crippen LogP contribution is -2.40. The molecule has 0 bridgehead atoms. The molecule has 0 atom stereocenters.